The van der Waals surface area contributed by atoms with Crippen molar-refractivity contribution in [2.45, 2.75) is 45.9 Å². The second-order valence-corrected chi connectivity index (χ2v) is 5.97. The molecular weight excluding hydrogens is 246 g/mol. The average molecular weight is 271 g/mol. The second-order valence-electron chi connectivity index (χ2n) is 5.19. The molecule has 0 aliphatic rings. The highest BCUT2D eigenvalue weighted by atomic mass is 32.1. The van der Waals surface area contributed by atoms with Crippen molar-refractivity contribution in [2.75, 3.05) is 13.2 Å². The largest absolute Gasteiger partial charge is 0.389 e. The van der Waals surface area contributed by atoms with Crippen LogP contribution in [-0.2, 0) is 11.3 Å². The zero-order valence-corrected chi connectivity index (χ0v) is 12.4. The van der Waals surface area contributed by atoms with Crippen LogP contribution < -0.4 is 5.32 Å². The predicted octanol–water partition coefficient (Wildman–Crippen LogP) is 2.65. The Labute approximate surface area is 114 Å². The zero-order chi connectivity index (χ0) is 13.4. The van der Waals surface area contributed by atoms with Gasteiger partial charge in [-0.15, -0.1) is 0 Å². The summed E-state index contributed by atoms with van der Waals surface area (Å²) in [7, 11) is 0. The number of hydrogen-bond donors (Lipinski definition) is 2. The van der Waals surface area contributed by atoms with Crippen molar-refractivity contribution in [3.8, 4) is 0 Å². The van der Waals surface area contributed by atoms with Crippen molar-refractivity contribution in [2.24, 2.45) is 5.92 Å². The highest BCUT2D eigenvalue weighted by Crippen LogP contribution is 2.08. The number of rotatable bonds is 9. The fourth-order valence-corrected chi connectivity index (χ4v) is 2.51. The van der Waals surface area contributed by atoms with E-state index in [9.17, 15) is 5.11 Å². The molecule has 0 aromatic carbocycles. The van der Waals surface area contributed by atoms with Gasteiger partial charge in [-0.3, -0.25) is 0 Å². The molecule has 0 saturated carbocycles. The minimum absolute atomic E-state index is 0.219. The standard InChI is InChI=1S/C14H25NO2S/c1-11(2)6-12(3)17-9-14(16)8-15-7-13-4-5-18-10-13/h4-5,10-12,14-16H,6-9H2,1-3H3. The maximum atomic E-state index is 9.78. The molecule has 1 rings (SSSR count). The molecule has 1 aromatic rings. The van der Waals surface area contributed by atoms with E-state index in [0.717, 1.165) is 13.0 Å². The summed E-state index contributed by atoms with van der Waals surface area (Å²) in [6.07, 6.45) is 0.824. The normalized spacial score (nSPS) is 14.9. The molecule has 2 N–H and O–H groups in total. The Kier molecular flexibility index (Phi) is 7.51. The van der Waals surface area contributed by atoms with E-state index in [4.69, 9.17) is 4.74 Å². The molecule has 0 aliphatic heterocycles. The molecule has 18 heavy (non-hydrogen) atoms. The van der Waals surface area contributed by atoms with Crippen LogP contribution in [0.25, 0.3) is 0 Å². The molecule has 1 heterocycles. The van der Waals surface area contributed by atoms with Crippen molar-refractivity contribution < 1.29 is 9.84 Å². The lowest BCUT2D eigenvalue weighted by Crippen LogP contribution is -2.31. The topological polar surface area (TPSA) is 41.5 Å². The Morgan fingerprint density at radius 3 is 2.78 bits per heavy atom. The molecule has 0 radical (unpaired) electrons. The average Bonchev–Trinajstić information content (AvgIpc) is 2.78. The van der Waals surface area contributed by atoms with Gasteiger partial charge in [0, 0.05) is 13.1 Å². The van der Waals surface area contributed by atoms with Gasteiger partial charge in [-0.25, -0.2) is 0 Å². The Bertz CT molecular complexity index is 301. The van der Waals surface area contributed by atoms with Gasteiger partial charge >= 0.3 is 0 Å². The van der Waals surface area contributed by atoms with Gasteiger partial charge in [-0.2, -0.15) is 11.3 Å². The molecule has 104 valence electrons. The first-order chi connectivity index (χ1) is 8.58. The summed E-state index contributed by atoms with van der Waals surface area (Å²) in [5, 5.41) is 17.2. The summed E-state index contributed by atoms with van der Waals surface area (Å²) >= 11 is 1.69. The van der Waals surface area contributed by atoms with Crippen LogP contribution in [0.3, 0.4) is 0 Å². The van der Waals surface area contributed by atoms with E-state index in [1.54, 1.807) is 11.3 Å². The fraction of sp³-hybridized carbons (Fsp3) is 0.714. The van der Waals surface area contributed by atoms with Gasteiger partial charge in [0.05, 0.1) is 18.8 Å². The summed E-state index contributed by atoms with van der Waals surface area (Å²) < 4.78 is 5.61. The number of aliphatic hydroxyl groups is 1. The van der Waals surface area contributed by atoms with Crippen LogP contribution in [0.4, 0.5) is 0 Å². The van der Waals surface area contributed by atoms with Crippen molar-refractivity contribution in [3.05, 3.63) is 22.4 Å². The smallest absolute Gasteiger partial charge is 0.0897 e. The number of thiophene rings is 1. The molecule has 0 bridgehead atoms. The molecule has 0 fully saturated rings. The molecular formula is C14H25NO2S. The van der Waals surface area contributed by atoms with Gasteiger partial charge in [0.2, 0.25) is 0 Å². The van der Waals surface area contributed by atoms with E-state index in [1.807, 2.05) is 0 Å². The summed E-state index contributed by atoms with van der Waals surface area (Å²) in [6.45, 7) is 8.21. The van der Waals surface area contributed by atoms with Gasteiger partial charge in [0.25, 0.3) is 0 Å². The van der Waals surface area contributed by atoms with E-state index in [-0.39, 0.29) is 6.10 Å². The minimum Gasteiger partial charge on any atom is -0.389 e. The van der Waals surface area contributed by atoms with Gasteiger partial charge in [-0.05, 0) is 41.7 Å². The quantitative estimate of drug-likeness (QED) is 0.725. The summed E-state index contributed by atoms with van der Waals surface area (Å²) in [6, 6.07) is 2.09. The molecule has 3 nitrogen and oxygen atoms in total. The van der Waals surface area contributed by atoms with Crippen LogP contribution in [0.5, 0.6) is 0 Å². The lowest BCUT2D eigenvalue weighted by molar-refractivity contribution is -0.00857. The molecule has 0 saturated heterocycles. The van der Waals surface area contributed by atoms with Gasteiger partial charge in [-0.1, -0.05) is 13.8 Å². The summed E-state index contributed by atoms with van der Waals surface area (Å²) in [5.41, 5.74) is 1.27. The maximum Gasteiger partial charge on any atom is 0.0897 e. The van der Waals surface area contributed by atoms with Gasteiger partial charge in [0.15, 0.2) is 0 Å². The first-order valence-electron chi connectivity index (χ1n) is 6.59. The minimum atomic E-state index is -0.432. The van der Waals surface area contributed by atoms with E-state index in [0.29, 0.717) is 19.1 Å². The number of ether oxygens (including phenoxy) is 1. The molecule has 1 aromatic heterocycles. The van der Waals surface area contributed by atoms with Crippen LogP contribution in [0.1, 0.15) is 32.8 Å². The lowest BCUT2D eigenvalue weighted by atomic mass is 10.1. The fourth-order valence-electron chi connectivity index (χ4n) is 1.84. The molecule has 2 atom stereocenters. The zero-order valence-electron chi connectivity index (χ0n) is 11.6. The third-order valence-electron chi connectivity index (χ3n) is 2.67. The van der Waals surface area contributed by atoms with Crippen molar-refractivity contribution in [1.82, 2.24) is 5.32 Å². The third kappa shape index (κ3) is 7.11. The Morgan fingerprint density at radius 1 is 1.39 bits per heavy atom. The van der Waals surface area contributed by atoms with Crippen LogP contribution in [0, 0.1) is 5.92 Å². The van der Waals surface area contributed by atoms with Crippen LogP contribution in [-0.4, -0.2) is 30.5 Å². The van der Waals surface area contributed by atoms with E-state index >= 15 is 0 Å². The first-order valence-corrected chi connectivity index (χ1v) is 7.53. The van der Waals surface area contributed by atoms with E-state index in [2.05, 4.69) is 42.9 Å². The predicted molar refractivity (Wildman–Crippen MR) is 76.9 cm³/mol. The number of aliphatic hydroxyl groups excluding tert-OH is 1. The monoisotopic (exact) mass is 271 g/mol. The SMILES string of the molecule is CC(C)CC(C)OCC(O)CNCc1ccsc1. The third-order valence-corrected chi connectivity index (χ3v) is 3.40. The van der Waals surface area contributed by atoms with Crippen LogP contribution >= 0.6 is 11.3 Å². The van der Waals surface area contributed by atoms with Crippen molar-refractivity contribution in [3.63, 3.8) is 0 Å². The van der Waals surface area contributed by atoms with E-state index in [1.165, 1.54) is 5.56 Å². The molecule has 0 amide bonds. The highest BCUT2D eigenvalue weighted by molar-refractivity contribution is 7.07. The molecule has 0 spiro atoms. The van der Waals surface area contributed by atoms with Crippen LogP contribution in [0.2, 0.25) is 0 Å². The highest BCUT2D eigenvalue weighted by Gasteiger charge is 2.09. The molecule has 2 unspecified atom stereocenters. The summed E-state index contributed by atoms with van der Waals surface area (Å²) in [5.74, 6) is 0.633. The Balaban J connectivity index is 2.04. The lowest BCUT2D eigenvalue weighted by Gasteiger charge is -2.18. The van der Waals surface area contributed by atoms with Crippen molar-refractivity contribution in [1.29, 1.82) is 0 Å². The Hall–Kier alpha value is -0.420. The summed E-state index contributed by atoms with van der Waals surface area (Å²) in [4.78, 5) is 0. The molecule has 0 aliphatic carbocycles. The Morgan fingerprint density at radius 2 is 2.17 bits per heavy atom. The van der Waals surface area contributed by atoms with Gasteiger partial charge in [0.1, 0.15) is 0 Å². The number of nitrogens with one attached hydrogen (secondary N) is 1. The van der Waals surface area contributed by atoms with Crippen molar-refractivity contribution >= 4 is 11.3 Å². The van der Waals surface area contributed by atoms with Gasteiger partial charge < -0.3 is 15.2 Å². The second kappa shape index (κ2) is 8.64. The molecule has 4 heteroatoms. The first kappa shape index (κ1) is 15.6. The maximum absolute atomic E-state index is 9.78. The van der Waals surface area contributed by atoms with E-state index < -0.39 is 6.10 Å². The number of hydrogen-bond acceptors (Lipinski definition) is 4. The van der Waals surface area contributed by atoms with Crippen LogP contribution in [0.15, 0.2) is 16.8 Å².